The summed E-state index contributed by atoms with van der Waals surface area (Å²) in [6, 6.07) is 12.9. The first-order valence-electron chi connectivity index (χ1n) is 9.71. The number of carbonyl (C=O) groups is 3. The molecular weight excluding hydrogens is 404 g/mol. The van der Waals surface area contributed by atoms with Crippen molar-refractivity contribution in [2.24, 2.45) is 0 Å². The highest BCUT2D eigenvalue weighted by atomic mass is 16.8. The van der Waals surface area contributed by atoms with Crippen molar-refractivity contribution in [1.82, 2.24) is 9.96 Å². The fraction of sp³-hybridized carbons (Fsp3) is 0.318. The molecule has 0 aliphatic carbocycles. The Kier molecular flexibility index (Phi) is 5.77. The fourth-order valence-electron chi connectivity index (χ4n) is 3.79. The van der Waals surface area contributed by atoms with Gasteiger partial charge in [-0.3, -0.25) is 9.59 Å². The van der Waals surface area contributed by atoms with Crippen molar-refractivity contribution >= 4 is 17.8 Å². The predicted octanol–water partition coefficient (Wildman–Crippen LogP) is 1.94. The zero-order valence-corrected chi connectivity index (χ0v) is 17.1. The number of fused-ring (bicyclic) bond motifs is 1. The molecule has 9 heteroatoms. The van der Waals surface area contributed by atoms with Crippen LogP contribution in [-0.2, 0) is 32.3 Å². The summed E-state index contributed by atoms with van der Waals surface area (Å²) in [6.07, 6.45) is -0.955. The van der Waals surface area contributed by atoms with Gasteiger partial charge in [-0.15, -0.1) is 5.06 Å². The average molecular weight is 426 g/mol. The summed E-state index contributed by atoms with van der Waals surface area (Å²) in [5, 5.41) is 1.10. The molecule has 2 aliphatic rings. The molecule has 2 saturated heterocycles. The molecule has 2 heterocycles. The van der Waals surface area contributed by atoms with Crippen LogP contribution in [0.25, 0.3) is 0 Å². The molecule has 0 unspecified atom stereocenters. The van der Waals surface area contributed by atoms with Gasteiger partial charge in [0.05, 0.1) is 20.8 Å². The van der Waals surface area contributed by atoms with E-state index >= 15 is 0 Å². The Morgan fingerprint density at radius 1 is 0.968 bits per heavy atom. The lowest BCUT2D eigenvalue weighted by Crippen LogP contribution is -2.67. The maximum absolute atomic E-state index is 12.7. The Bertz CT molecular complexity index is 995. The van der Waals surface area contributed by atoms with Crippen LogP contribution in [0.3, 0.4) is 0 Å². The number of amides is 1. The minimum Gasteiger partial charge on any atom is -0.493 e. The van der Waals surface area contributed by atoms with Gasteiger partial charge in [0, 0.05) is 6.54 Å². The number of carbonyl (C=O) groups excluding carboxylic acids is 3. The number of ether oxygens (including phenoxy) is 3. The Morgan fingerprint density at radius 3 is 2.42 bits per heavy atom. The molecule has 162 valence electrons. The van der Waals surface area contributed by atoms with Crippen LogP contribution in [0, 0.1) is 0 Å². The summed E-state index contributed by atoms with van der Waals surface area (Å²) in [5.74, 6) is 0.625. The van der Waals surface area contributed by atoms with Crippen LogP contribution < -0.4 is 9.47 Å². The molecule has 1 amide bonds. The van der Waals surface area contributed by atoms with Crippen LogP contribution in [0.1, 0.15) is 11.1 Å². The number of nitrogens with zero attached hydrogens (tertiary/aromatic N) is 2. The molecule has 2 atom stereocenters. The normalized spacial score (nSPS) is 20.1. The summed E-state index contributed by atoms with van der Waals surface area (Å²) in [7, 11) is 3.07. The van der Waals surface area contributed by atoms with Gasteiger partial charge >= 0.3 is 6.16 Å². The van der Waals surface area contributed by atoms with E-state index in [1.807, 2.05) is 30.3 Å². The maximum atomic E-state index is 12.7. The average Bonchev–Trinajstić information content (AvgIpc) is 3.08. The van der Waals surface area contributed by atoms with Crippen LogP contribution in [-0.4, -0.2) is 60.7 Å². The number of benzene rings is 2. The second-order valence-electron chi connectivity index (χ2n) is 7.20. The van der Waals surface area contributed by atoms with Gasteiger partial charge in [-0.2, -0.15) is 0 Å². The topological polar surface area (TPSA) is 94.6 Å². The molecular formula is C22H22N2O7. The standard InChI is InChI=1S/C22H22N2O7/c1-28-17-9-8-15(10-18(17)29-2)11-23-19-16(25)12-24(20(19)21(23)26)31-22(27)30-13-14-6-4-3-5-7-14/h3-10,19-20H,11-13H2,1-2H3/t19-,20+/m1/s1. The molecule has 4 rings (SSSR count). The number of ketones is 1. The van der Waals surface area contributed by atoms with Crippen LogP contribution in [0.5, 0.6) is 11.5 Å². The van der Waals surface area contributed by atoms with Crippen LogP contribution in [0.15, 0.2) is 48.5 Å². The van der Waals surface area contributed by atoms with Crippen molar-refractivity contribution in [1.29, 1.82) is 0 Å². The monoisotopic (exact) mass is 426 g/mol. The second kappa shape index (κ2) is 8.65. The number of Topliss-reactive ketones (excluding diaryl/α,β-unsaturated/α-hetero) is 1. The van der Waals surface area contributed by atoms with E-state index in [0.717, 1.165) is 16.2 Å². The first kappa shape index (κ1) is 20.7. The van der Waals surface area contributed by atoms with Gasteiger partial charge in [-0.25, -0.2) is 4.79 Å². The van der Waals surface area contributed by atoms with E-state index in [9.17, 15) is 14.4 Å². The number of methoxy groups -OCH3 is 2. The highest BCUT2D eigenvalue weighted by Crippen LogP contribution is 2.35. The molecule has 2 fully saturated rings. The van der Waals surface area contributed by atoms with Crippen LogP contribution >= 0.6 is 0 Å². The van der Waals surface area contributed by atoms with Crippen molar-refractivity contribution in [3.63, 3.8) is 0 Å². The fourth-order valence-corrected chi connectivity index (χ4v) is 3.79. The Balaban J connectivity index is 1.36. The molecule has 31 heavy (non-hydrogen) atoms. The van der Waals surface area contributed by atoms with E-state index in [4.69, 9.17) is 19.0 Å². The minimum absolute atomic E-state index is 0.0366. The van der Waals surface area contributed by atoms with E-state index in [1.54, 1.807) is 18.2 Å². The number of hydroxylamine groups is 2. The van der Waals surface area contributed by atoms with Crippen LogP contribution in [0.2, 0.25) is 0 Å². The molecule has 2 aromatic rings. The molecule has 2 aromatic carbocycles. The first-order valence-corrected chi connectivity index (χ1v) is 9.71. The van der Waals surface area contributed by atoms with Gasteiger partial charge in [0.1, 0.15) is 12.6 Å². The molecule has 0 radical (unpaired) electrons. The summed E-state index contributed by atoms with van der Waals surface area (Å²) >= 11 is 0. The summed E-state index contributed by atoms with van der Waals surface area (Å²) in [4.78, 5) is 43.8. The number of likely N-dealkylation sites (tertiary alicyclic amines) is 1. The molecule has 0 aromatic heterocycles. The third-order valence-corrected chi connectivity index (χ3v) is 5.31. The van der Waals surface area contributed by atoms with Gasteiger partial charge in [0.15, 0.2) is 23.3 Å². The minimum atomic E-state index is -0.955. The number of hydrogen-bond acceptors (Lipinski definition) is 8. The van der Waals surface area contributed by atoms with Crippen molar-refractivity contribution in [3.8, 4) is 11.5 Å². The van der Waals surface area contributed by atoms with Crippen molar-refractivity contribution in [2.75, 3.05) is 20.8 Å². The lowest BCUT2D eigenvalue weighted by Gasteiger charge is -2.43. The first-order chi connectivity index (χ1) is 15.0. The quantitative estimate of drug-likeness (QED) is 0.490. The number of hydrogen-bond donors (Lipinski definition) is 0. The molecule has 0 spiro atoms. The van der Waals surface area contributed by atoms with Gasteiger partial charge in [-0.05, 0) is 23.3 Å². The molecule has 9 nitrogen and oxygen atoms in total. The van der Waals surface area contributed by atoms with Crippen LogP contribution in [0.4, 0.5) is 4.79 Å². The molecule has 0 N–H and O–H groups in total. The van der Waals surface area contributed by atoms with Gasteiger partial charge in [0.25, 0.3) is 0 Å². The lowest BCUT2D eigenvalue weighted by molar-refractivity contribution is -0.187. The van der Waals surface area contributed by atoms with E-state index in [2.05, 4.69) is 0 Å². The van der Waals surface area contributed by atoms with E-state index in [-0.39, 0.29) is 31.4 Å². The van der Waals surface area contributed by atoms with Gasteiger partial charge in [-0.1, -0.05) is 36.4 Å². The third-order valence-electron chi connectivity index (χ3n) is 5.31. The molecule has 0 saturated carbocycles. The summed E-state index contributed by atoms with van der Waals surface area (Å²) in [5.41, 5.74) is 1.59. The van der Waals surface area contributed by atoms with E-state index in [0.29, 0.717) is 11.5 Å². The number of β-lactam (4-membered cyclic amide) rings is 1. The molecule has 2 aliphatic heterocycles. The zero-order chi connectivity index (χ0) is 22.0. The Morgan fingerprint density at radius 2 is 1.71 bits per heavy atom. The van der Waals surface area contributed by atoms with Crippen molar-refractivity contribution in [3.05, 3.63) is 59.7 Å². The highest BCUT2D eigenvalue weighted by molar-refractivity contribution is 6.06. The van der Waals surface area contributed by atoms with Gasteiger partial charge < -0.3 is 23.9 Å². The predicted molar refractivity (Wildman–Crippen MR) is 107 cm³/mol. The van der Waals surface area contributed by atoms with E-state index < -0.39 is 18.2 Å². The van der Waals surface area contributed by atoms with Gasteiger partial charge in [0.2, 0.25) is 5.91 Å². The maximum Gasteiger partial charge on any atom is 0.528 e. The second-order valence-corrected chi connectivity index (χ2v) is 7.20. The van der Waals surface area contributed by atoms with E-state index in [1.165, 1.54) is 19.1 Å². The Labute approximate surface area is 179 Å². The largest absolute Gasteiger partial charge is 0.528 e. The Hall–Kier alpha value is -3.59. The zero-order valence-electron chi connectivity index (χ0n) is 17.1. The third kappa shape index (κ3) is 4.04. The van der Waals surface area contributed by atoms with Crippen molar-refractivity contribution < 1.29 is 33.4 Å². The smallest absolute Gasteiger partial charge is 0.493 e. The highest BCUT2D eigenvalue weighted by Gasteiger charge is 2.60. The summed E-state index contributed by atoms with van der Waals surface area (Å²) in [6.45, 7) is 0.108. The molecule has 0 bridgehead atoms. The summed E-state index contributed by atoms with van der Waals surface area (Å²) < 4.78 is 15.6. The SMILES string of the molecule is COc1ccc(CN2C(=O)[C@@H]3[C@H]2C(=O)CN3OC(=O)OCc2ccccc2)cc1OC. The van der Waals surface area contributed by atoms with Crippen molar-refractivity contribution in [2.45, 2.75) is 25.2 Å². The number of rotatable bonds is 7. The lowest BCUT2D eigenvalue weighted by atomic mass is 9.94.